The van der Waals surface area contributed by atoms with Crippen molar-refractivity contribution in [1.29, 1.82) is 0 Å². The summed E-state index contributed by atoms with van der Waals surface area (Å²) in [7, 11) is 0. The van der Waals surface area contributed by atoms with Crippen LogP contribution in [0.2, 0.25) is 5.02 Å². The lowest BCUT2D eigenvalue weighted by molar-refractivity contribution is -0.137. The van der Waals surface area contributed by atoms with Crippen molar-refractivity contribution in [2.75, 3.05) is 38.5 Å². The van der Waals surface area contributed by atoms with Crippen molar-refractivity contribution in [3.8, 4) is 16.9 Å². The fourth-order valence-electron chi connectivity index (χ4n) is 4.38. The van der Waals surface area contributed by atoms with Crippen LogP contribution in [0.1, 0.15) is 38.7 Å². The lowest BCUT2D eigenvalue weighted by atomic mass is 9.98. The molecule has 2 aromatic carbocycles. The van der Waals surface area contributed by atoms with Gasteiger partial charge in [0.2, 0.25) is 0 Å². The summed E-state index contributed by atoms with van der Waals surface area (Å²) < 4.78 is 40.6. The summed E-state index contributed by atoms with van der Waals surface area (Å²) in [5.74, 6) is -0.0673. The second-order valence-electron chi connectivity index (χ2n) is 9.32. The van der Waals surface area contributed by atoms with E-state index in [4.69, 9.17) is 11.6 Å². The van der Waals surface area contributed by atoms with Gasteiger partial charge in [-0.05, 0) is 88.4 Å². The van der Waals surface area contributed by atoms with Crippen molar-refractivity contribution in [1.82, 2.24) is 15.2 Å². The van der Waals surface area contributed by atoms with Gasteiger partial charge in [0.05, 0.1) is 16.6 Å². The number of phenolic OH excluding ortho intramolecular Hbond substituents is 1. The van der Waals surface area contributed by atoms with Gasteiger partial charge < -0.3 is 25.4 Å². The van der Waals surface area contributed by atoms with Crippen molar-refractivity contribution in [2.24, 2.45) is 0 Å². The van der Waals surface area contributed by atoms with E-state index in [-0.39, 0.29) is 43.5 Å². The molecule has 0 spiro atoms. The molecular weight excluding hydrogens is 551 g/mol. The summed E-state index contributed by atoms with van der Waals surface area (Å²) in [5.41, 5.74) is -0.927. The quantitative estimate of drug-likeness (QED) is 0.134. The number of aromatic nitrogens is 1. The van der Waals surface area contributed by atoms with Gasteiger partial charge in [0.15, 0.2) is 0 Å². The summed E-state index contributed by atoms with van der Waals surface area (Å²) >= 11 is 7.19. The molecule has 0 radical (unpaired) electrons. The molecule has 0 saturated heterocycles. The molecule has 214 valence electrons. The summed E-state index contributed by atoms with van der Waals surface area (Å²) in [6.07, 6.45) is -3.05. The summed E-state index contributed by atoms with van der Waals surface area (Å²) in [6.45, 7) is 9.02. The lowest BCUT2D eigenvalue weighted by Crippen LogP contribution is -2.27. The third-order valence-corrected chi connectivity index (χ3v) is 8.02. The van der Waals surface area contributed by atoms with Crippen molar-refractivity contribution in [2.45, 2.75) is 50.3 Å². The van der Waals surface area contributed by atoms with E-state index in [1.807, 2.05) is 0 Å². The van der Waals surface area contributed by atoms with Crippen LogP contribution < -0.4 is 10.9 Å². The number of aromatic hydroxyl groups is 1. The third-order valence-electron chi connectivity index (χ3n) is 6.56. The number of halogens is 4. The second kappa shape index (κ2) is 14.4. The normalized spacial score (nSPS) is 12.9. The molecule has 6 nitrogen and oxygen atoms in total. The third kappa shape index (κ3) is 8.62. The number of aliphatic hydroxyl groups excluding tert-OH is 1. The van der Waals surface area contributed by atoms with E-state index in [0.717, 1.165) is 69.5 Å². The number of hydrogen-bond acceptors (Lipinski definition) is 6. The molecule has 0 fully saturated rings. The summed E-state index contributed by atoms with van der Waals surface area (Å²) in [5, 5.41) is 24.9. The van der Waals surface area contributed by atoms with Crippen LogP contribution in [0.25, 0.3) is 22.0 Å². The van der Waals surface area contributed by atoms with Crippen molar-refractivity contribution in [3.05, 3.63) is 57.3 Å². The van der Waals surface area contributed by atoms with Crippen LogP contribution in [0.4, 0.5) is 13.2 Å². The van der Waals surface area contributed by atoms with Crippen molar-refractivity contribution in [3.63, 3.8) is 0 Å². The van der Waals surface area contributed by atoms with Gasteiger partial charge in [0, 0.05) is 32.8 Å². The molecule has 0 aliphatic rings. The molecule has 3 rings (SSSR count). The highest BCUT2D eigenvalue weighted by molar-refractivity contribution is 7.99. The zero-order chi connectivity index (χ0) is 28.6. The van der Waals surface area contributed by atoms with Gasteiger partial charge in [-0.25, -0.2) is 0 Å². The van der Waals surface area contributed by atoms with Gasteiger partial charge in [-0.1, -0.05) is 25.4 Å². The summed E-state index contributed by atoms with van der Waals surface area (Å²) in [4.78, 5) is 18.2. The molecule has 11 heteroatoms. The zero-order valence-electron chi connectivity index (χ0n) is 22.1. The predicted octanol–water partition coefficient (Wildman–Crippen LogP) is 6.13. The predicted molar refractivity (Wildman–Crippen MR) is 153 cm³/mol. The van der Waals surface area contributed by atoms with Gasteiger partial charge in [-0.15, -0.1) is 11.8 Å². The van der Waals surface area contributed by atoms with E-state index in [0.29, 0.717) is 6.42 Å². The van der Waals surface area contributed by atoms with Crippen LogP contribution >= 0.6 is 23.4 Å². The number of fused-ring (bicyclic) bond motifs is 1. The number of H-pyrrole nitrogens is 1. The van der Waals surface area contributed by atoms with Gasteiger partial charge in [-0.3, -0.25) is 4.79 Å². The van der Waals surface area contributed by atoms with Gasteiger partial charge in [-0.2, -0.15) is 13.2 Å². The van der Waals surface area contributed by atoms with E-state index in [9.17, 15) is 28.2 Å². The van der Waals surface area contributed by atoms with Crippen LogP contribution in [-0.4, -0.2) is 64.7 Å². The number of aliphatic hydroxyl groups is 1. The molecule has 0 saturated carbocycles. The number of aromatic amines is 1. The van der Waals surface area contributed by atoms with Crippen LogP contribution in [0.5, 0.6) is 5.75 Å². The highest BCUT2D eigenvalue weighted by atomic mass is 35.5. The number of hydrogen-bond donors (Lipinski definition) is 4. The highest BCUT2D eigenvalue weighted by Gasteiger charge is 2.31. The number of nitrogens with one attached hydrogen (secondary N) is 2. The van der Waals surface area contributed by atoms with Crippen molar-refractivity contribution >= 4 is 34.3 Å². The zero-order valence-corrected chi connectivity index (χ0v) is 23.6. The first-order chi connectivity index (χ1) is 18.5. The van der Waals surface area contributed by atoms with E-state index in [1.54, 1.807) is 0 Å². The fraction of sp³-hybridized carbons (Fsp3) is 0.464. The standard InChI is InChI=1S/C28H35ClF3N3O3S/c1-3-35(4-2)14-6-13-33-12-5-7-20(36)17-39-26-25(22-16-19(29)9-11-24(22)37)21-15-18(28(30,31)32)8-10-23(21)34-27(26)38/h8-11,15-16,20,33,36-37H,3-7,12-14,17H2,1-2H3,(H,34,38). The molecule has 1 heterocycles. The number of phenols is 1. The molecule has 1 unspecified atom stereocenters. The fourth-order valence-corrected chi connectivity index (χ4v) is 5.63. The Balaban J connectivity index is 1.76. The minimum absolute atomic E-state index is 0.105. The van der Waals surface area contributed by atoms with E-state index in [2.05, 4.69) is 29.0 Å². The van der Waals surface area contributed by atoms with Crippen molar-refractivity contribution < 1.29 is 23.4 Å². The molecule has 0 bridgehead atoms. The summed E-state index contributed by atoms with van der Waals surface area (Å²) in [6, 6.07) is 7.24. The minimum Gasteiger partial charge on any atom is -0.507 e. The van der Waals surface area contributed by atoms with E-state index in [1.165, 1.54) is 24.3 Å². The minimum atomic E-state index is -4.60. The topological polar surface area (TPSA) is 88.6 Å². The van der Waals surface area contributed by atoms with E-state index >= 15 is 0 Å². The smallest absolute Gasteiger partial charge is 0.416 e. The molecule has 1 aromatic heterocycles. The first-order valence-electron chi connectivity index (χ1n) is 13.0. The number of thioether (sulfide) groups is 1. The van der Waals surface area contributed by atoms with Crippen LogP contribution in [0.15, 0.2) is 46.1 Å². The number of alkyl halides is 3. The van der Waals surface area contributed by atoms with Gasteiger partial charge >= 0.3 is 6.18 Å². The molecule has 39 heavy (non-hydrogen) atoms. The number of nitrogens with zero attached hydrogens (tertiary/aromatic N) is 1. The number of benzene rings is 2. The Kier molecular flexibility index (Phi) is 11.6. The largest absolute Gasteiger partial charge is 0.507 e. The second-order valence-corrected chi connectivity index (χ2v) is 10.8. The molecule has 4 N–H and O–H groups in total. The first kappa shape index (κ1) is 31.3. The molecule has 1 atom stereocenters. The Hall–Kier alpha value is -2.24. The average Bonchev–Trinajstić information content (AvgIpc) is 2.89. The van der Waals surface area contributed by atoms with Gasteiger partial charge in [0.1, 0.15) is 5.75 Å². The maximum atomic E-state index is 13.5. The average molecular weight is 586 g/mol. The Morgan fingerprint density at radius 1 is 1.10 bits per heavy atom. The molecule has 0 aliphatic heterocycles. The van der Waals surface area contributed by atoms with E-state index < -0.39 is 23.4 Å². The first-order valence-corrected chi connectivity index (χ1v) is 14.4. The monoisotopic (exact) mass is 585 g/mol. The number of rotatable bonds is 14. The SMILES string of the molecule is CCN(CC)CCCNCCCC(O)CSc1c(-c2cc(Cl)ccc2O)c2cc(C(F)(F)F)ccc2[nH]c1=O. The molecule has 3 aromatic rings. The van der Waals surface area contributed by atoms with Gasteiger partial charge in [0.25, 0.3) is 5.56 Å². The maximum Gasteiger partial charge on any atom is 0.416 e. The maximum absolute atomic E-state index is 13.5. The Morgan fingerprint density at radius 2 is 1.82 bits per heavy atom. The van der Waals surface area contributed by atoms with Crippen LogP contribution in [0, 0.1) is 0 Å². The Bertz CT molecular complexity index is 1300. The highest BCUT2D eigenvalue weighted by Crippen LogP contribution is 2.42. The Labute approximate surface area is 235 Å². The van der Waals surface area contributed by atoms with Crippen LogP contribution in [0.3, 0.4) is 0 Å². The molecule has 0 amide bonds. The lowest BCUT2D eigenvalue weighted by Gasteiger charge is -2.18. The van der Waals surface area contributed by atoms with Crippen LogP contribution in [-0.2, 0) is 6.18 Å². The number of pyridine rings is 1. The molecular formula is C28H35ClF3N3O3S. The Morgan fingerprint density at radius 3 is 2.51 bits per heavy atom. The molecule has 0 aliphatic carbocycles.